The first-order chi connectivity index (χ1) is 63.8. The zero-order valence-corrected chi connectivity index (χ0v) is 77.0. The van der Waals surface area contributed by atoms with Gasteiger partial charge in [0.1, 0.15) is 45.0 Å². The lowest BCUT2D eigenvalue weighted by Gasteiger charge is -2.46. The van der Waals surface area contributed by atoms with E-state index in [0.29, 0.717) is 0 Å². The van der Waals surface area contributed by atoms with Gasteiger partial charge in [0.05, 0.1) is 11.4 Å². The summed E-state index contributed by atoms with van der Waals surface area (Å²) in [5, 5.41) is 11.0. The standard InChI is InChI=1S/C120H96B3N5O4/c1-66-52-68(3)110(69(4)53-66)127-99-64-95-91(121-89-48-22-24-50-97(89)125(75-32-18-16-19-33-75)101-57-72(56-96(124-95)107(101)121)77-36-26-39-80-83-42-29-45-86(118(7,8)9)115(83)130-112(77)80)62-92(99)123-94-63-93-100(65-105(94)129-106-61-74(60-104(127)109(106)123)79-38-28-41-82-85-44-31-47-88(120(13,14)15)117(85)132-114(79)82)128(111-70(5)54-67(2)55-71(111)6)103-59-73(78-37-27-40-81-84-43-30-46-87(119(10,11)12)116(84)131-113(78)81)58-102-108(103)122(93)90-49-23-25-51-98(90)126(102)76-34-20-17-21-35-76/h16-65,124H,1-15H3. The summed E-state index contributed by atoms with van der Waals surface area (Å²) in [5.74, 6) is 1.59. The zero-order chi connectivity index (χ0) is 89.5. The molecule has 0 saturated carbocycles. The molecule has 0 saturated heterocycles. The summed E-state index contributed by atoms with van der Waals surface area (Å²) in [6.45, 7) is 33.3. The van der Waals surface area contributed by atoms with Gasteiger partial charge >= 0.3 is 0 Å². The van der Waals surface area contributed by atoms with Gasteiger partial charge in [0.15, 0.2) is 0 Å². The lowest BCUT2D eigenvalue weighted by atomic mass is 9.29. The van der Waals surface area contributed by atoms with Gasteiger partial charge in [0, 0.05) is 140 Å². The number of para-hydroxylation sites is 10. The molecule has 634 valence electrons. The minimum atomic E-state index is -0.398. The first-order valence-electron chi connectivity index (χ1n) is 46.7. The first kappa shape index (κ1) is 78.2. The molecule has 0 atom stereocenters. The third-order valence-corrected chi connectivity index (χ3v) is 29.5. The molecular weight excluding hydrogens is 1610 g/mol. The smallest absolute Gasteiger partial charge is 0.256 e. The molecule has 0 fully saturated rings. The number of fused-ring (bicyclic) bond motifs is 21. The van der Waals surface area contributed by atoms with E-state index in [0.717, 1.165) is 201 Å². The van der Waals surface area contributed by atoms with Gasteiger partial charge in [-0.2, -0.15) is 0 Å². The molecule has 12 heteroatoms. The second kappa shape index (κ2) is 27.8. The highest BCUT2D eigenvalue weighted by molar-refractivity contribution is 7.04. The normalized spacial score (nSPS) is 13.9. The van der Waals surface area contributed by atoms with Crippen molar-refractivity contribution in [3.05, 3.63) is 353 Å². The first-order valence-corrected chi connectivity index (χ1v) is 46.7. The van der Waals surface area contributed by atoms with E-state index in [4.69, 9.17) is 18.0 Å². The van der Waals surface area contributed by atoms with Gasteiger partial charge in [-0.25, -0.2) is 0 Å². The molecule has 1 N–H and O–H groups in total. The Morgan fingerprint density at radius 2 is 0.606 bits per heavy atom. The van der Waals surface area contributed by atoms with Crippen LogP contribution in [0.2, 0.25) is 0 Å². The number of nitrogens with one attached hydrogen (secondary N) is 1. The van der Waals surface area contributed by atoms with Crippen molar-refractivity contribution in [3.8, 4) is 44.9 Å². The van der Waals surface area contributed by atoms with Crippen molar-refractivity contribution >= 4 is 215 Å². The van der Waals surface area contributed by atoms with Crippen LogP contribution in [0.1, 0.15) is 112 Å². The minimum Gasteiger partial charge on any atom is -0.458 e. The van der Waals surface area contributed by atoms with Crippen molar-refractivity contribution in [2.45, 2.75) is 120 Å². The summed E-state index contributed by atoms with van der Waals surface area (Å²) < 4.78 is 30.5. The van der Waals surface area contributed by atoms with Gasteiger partial charge in [-0.3, -0.25) is 0 Å². The van der Waals surface area contributed by atoms with Crippen molar-refractivity contribution in [3.63, 3.8) is 0 Å². The van der Waals surface area contributed by atoms with Crippen LogP contribution in [-0.2, 0) is 16.2 Å². The molecule has 132 heavy (non-hydrogen) atoms. The van der Waals surface area contributed by atoms with Gasteiger partial charge in [0.25, 0.3) is 20.1 Å². The number of hydrogen-bond acceptors (Lipinski definition) is 9. The molecule has 6 aliphatic heterocycles. The Morgan fingerprint density at radius 1 is 0.250 bits per heavy atom. The summed E-state index contributed by atoms with van der Waals surface area (Å²) >= 11 is 0. The Morgan fingerprint density at radius 3 is 1.05 bits per heavy atom. The fourth-order valence-corrected chi connectivity index (χ4v) is 24.1. The highest BCUT2D eigenvalue weighted by Crippen LogP contribution is 2.55. The molecule has 0 aliphatic carbocycles. The molecule has 3 aromatic heterocycles. The molecule has 0 radical (unpaired) electrons. The van der Waals surface area contributed by atoms with Crippen molar-refractivity contribution in [1.29, 1.82) is 0 Å². The number of ether oxygens (including phenoxy) is 1. The van der Waals surface area contributed by atoms with E-state index in [1.807, 2.05) is 0 Å². The van der Waals surface area contributed by atoms with E-state index in [2.05, 4.69) is 432 Å². The number of hydrogen-bond donors (Lipinski definition) is 1. The fourth-order valence-electron chi connectivity index (χ4n) is 24.1. The maximum Gasteiger partial charge on any atom is 0.256 e. The van der Waals surface area contributed by atoms with Crippen molar-refractivity contribution in [1.82, 2.24) is 0 Å². The predicted molar refractivity (Wildman–Crippen MR) is 558 cm³/mol. The average Bonchev–Trinajstić information content (AvgIpc) is 0.915. The monoisotopic (exact) mass is 1700 g/mol. The maximum absolute atomic E-state index is 8.28. The molecule has 26 rings (SSSR count). The van der Waals surface area contributed by atoms with Crippen molar-refractivity contribution in [2.75, 3.05) is 24.9 Å². The Kier molecular flexibility index (Phi) is 16.5. The molecule has 0 unspecified atom stereocenters. The lowest BCUT2D eigenvalue weighted by molar-refractivity contribution is 0.488. The van der Waals surface area contributed by atoms with E-state index in [1.165, 1.54) is 88.3 Å². The van der Waals surface area contributed by atoms with Gasteiger partial charge in [0.2, 0.25) is 0 Å². The Hall–Kier alpha value is -14.9. The fraction of sp³-hybridized carbons (Fsp3) is 0.150. The van der Waals surface area contributed by atoms with E-state index >= 15 is 0 Å². The number of rotatable bonds is 7. The maximum atomic E-state index is 8.28. The van der Waals surface area contributed by atoms with Crippen LogP contribution in [0.4, 0.5) is 79.6 Å². The third kappa shape index (κ3) is 11.2. The van der Waals surface area contributed by atoms with Crippen molar-refractivity contribution in [2.24, 2.45) is 0 Å². The van der Waals surface area contributed by atoms with E-state index in [1.54, 1.807) is 0 Å². The number of nitrogens with zero attached hydrogens (tertiary/aromatic N) is 4. The number of benzene rings is 17. The highest BCUT2D eigenvalue weighted by Gasteiger charge is 2.51. The van der Waals surface area contributed by atoms with Crippen LogP contribution in [0, 0.1) is 41.5 Å². The topological polar surface area (TPSA) is 73.6 Å². The van der Waals surface area contributed by atoms with Gasteiger partial charge < -0.3 is 42.9 Å². The molecule has 9 heterocycles. The Bertz CT molecular complexity index is 8440. The summed E-state index contributed by atoms with van der Waals surface area (Å²) in [4.78, 5) is 10.3. The molecule has 0 spiro atoms. The predicted octanol–water partition coefficient (Wildman–Crippen LogP) is 27.0. The zero-order valence-electron chi connectivity index (χ0n) is 77.0. The summed E-state index contributed by atoms with van der Waals surface area (Å²) in [7, 11) is 0. The molecule has 20 aromatic rings. The van der Waals surface area contributed by atoms with Crippen LogP contribution in [0.25, 0.3) is 99.2 Å². The highest BCUT2D eigenvalue weighted by atomic mass is 16.5. The number of furan rings is 3. The molecule has 0 amide bonds. The van der Waals surface area contributed by atoms with Crippen LogP contribution >= 0.6 is 0 Å². The van der Waals surface area contributed by atoms with Gasteiger partial charge in [-0.15, -0.1) is 0 Å². The van der Waals surface area contributed by atoms with Crippen LogP contribution < -0.4 is 78.8 Å². The van der Waals surface area contributed by atoms with E-state index < -0.39 is 6.71 Å². The quantitative estimate of drug-likeness (QED) is 0.157. The second-order valence-electron chi connectivity index (χ2n) is 41.0. The summed E-state index contributed by atoms with van der Waals surface area (Å²) in [6, 6.07) is 115. The third-order valence-electron chi connectivity index (χ3n) is 29.5. The summed E-state index contributed by atoms with van der Waals surface area (Å²) in [6.07, 6.45) is 0. The number of anilines is 14. The average molecular weight is 1700 g/mol. The summed E-state index contributed by atoms with van der Waals surface area (Å²) in [5.41, 5.74) is 47.5. The molecular formula is C120H96B3N5O4. The molecule has 9 nitrogen and oxygen atoms in total. The van der Waals surface area contributed by atoms with Crippen LogP contribution in [0.3, 0.4) is 0 Å². The van der Waals surface area contributed by atoms with Gasteiger partial charge in [-0.05, 0) is 225 Å². The SMILES string of the molecule is Cc1cc(C)c(N2c3cc4c(cc3B3c5cc6c(cc5Oc5cc(-c7cccc8c7oc7c(C(C)(C)C)cccc78)cc2c53)N(c2c(C)cc(C)cc2C)c2cc(-c3cccc5c3oc3c(C(C)(C)C)cccc35)cc3c2B6c2ccccc2N3c2ccccc2)B2c3ccccc3N(c3ccccc3)c3cc(-c5cccc6c5oc5c(C(C)(C)C)cccc56)cc(c32)N4)c(C)c1. The lowest BCUT2D eigenvalue weighted by Crippen LogP contribution is -2.65. The van der Waals surface area contributed by atoms with Crippen molar-refractivity contribution < 1.29 is 18.0 Å². The Labute approximate surface area is 770 Å². The van der Waals surface area contributed by atoms with E-state index in [9.17, 15) is 0 Å². The molecule has 0 bridgehead atoms. The number of aryl methyl sites for hydroxylation is 6. The minimum absolute atomic E-state index is 0.154. The van der Waals surface area contributed by atoms with Gasteiger partial charge in [-0.1, -0.05) is 292 Å². The Balaban J connectivity index is 0.766. The van der Waals surface area contributed by atoms with E-state index in [-0.39, 0.29) is 29.7 Å². The second-order valence-corrected chi connectivity index (χ2v) is 41.0. The molecule has 6 aliphatic rings. The van der Waals surface area contributed by atoms with Crippen LogP contribution in [0.5, 0.6) is 11.5 Å². The van der Waals surface area contributed by atoms with Crippen LogP contribution in [0.15, 0.2) is 317 Å². The van der Waals surface area contributed by atoms with Crippen LogP contribution in [-0.4, -0.2) is 20.1 Å². The largest absolute Gasteiger partial charge is 0.458 e. The molecule has 17 aromatic carbocycles.